The minimum atomic E-state index is -0.808. The van der Waals surface area contributed by atoms with E-state index in [2.05, 4.69) is 10.6 Å². The Morgan fingerprint density at radius 3 is 2.61 bits per heavy atom. The molecule has 1 unspecified atom stereocenters. The Hall–Kier alpha value is -2.24. The van der Waals surface area contributed by atoms with Crippen LogP contribution in [0, 0.1) is 6.92 Å². The van der Waals surface area contributed by atoms with Crippen LogP contribution in [-0.2, 0) is 0 Å². The van der Waals surface area contributed by atoms with E-state index in [1.54, 1.807) is 30.3 Å². The van der Waals surface area contributed by atoms with E-state index in [1.165, 1.54) is 7.11 Å². The number of anilines is 1. The number of hydrogen-bond acceptors (Lipinski definition) is 3. The Morgan fingerprint density at radius 1 is 1.26 bits per heavy atom. The van der Waals surface area contributed by atoms with Crippen molar-refractivity contribution in [3.05, 3.63) is 58.6 Å². The molecule has 0 aliphatic carbocycles. The van der Waals surface area contributed by atoms with E-state index in [1.807, 2.05) is 19.1 Å². The molecule has 2 amide bonds. The Morgan fingerprint density at radius 2 is 1.96 bits per heavy atom. The first-order valence-electron chi connectivity index (χ1n) is 7.12. The minimum absolute atomic E-state index is 0.0849. The number of rotatable bonds is 5. The average Bonchev–Trinajstić information content (AvgIpc) is 2.53. The maximum absolute atomic E-state index is 12.0. The van der Waals surface area contributed by atoms with Crippen molar-refractivity contribution in [1.82, 2.24) is 5.32 Å². The molecule has 0 aliphatic heterocycles. The van der Waals surface area contributed by atoms with E-state index in [0.29, 0.717) is 22.0 Å². The summed E-state index contributed by atoms with van der Waals surface area (Å²) in [5.74, 6) is 0.573. The number of aliphatic hydroxyl groups excluding tert-OH is 1. The lowest BCUT2D eigenvalue weighted by atomic mass is 10.1. The van der Waals surface area contributed by atoms with Crippen molar-refractivity contribution >= 4 is 23.3 Å². The van der Waals surface area contributed by atoms with E-state index < -0.39 is 12.1 Å². The first kappa shape index (κ1) is 17.1. The fourth-order valence-corrected chi connectivity index (χ4v) is 2.20. The summed E-state index contributed by atoms with van der Waals surface area (Å²) in [5, 5.41) is 16.0. The van der Waals surface area contributed by atoms with Crippen LogP contribution in [0.15, 0.2) is 42.5 Å². The van der Waals surface area contributed by atoms with Crippen LogP contribution in [0.1, 0.15) is 17.2 Å². The van der Waals surface area contributed by atoms with Crippen LogP contribution in [0.2, 0.25) is 5.02 Å². The second-order valence-corrected chi connectivity index (χ2v) is 5.54. The van der Waals surface area contributed by atoms with Crippen molar-refractivity contribution in [2.45, 2.75) is 13.0 Å². The summed E-state index contributed by atoms with van der Waals surface area (Å²) in [7, 11) is 1.54. The van der Waals surface area contributed by atoms with Gasteiger partial charge in [0.25, 0.3) is 0 Å². The number of ether oxygens (including phenoxy) is 1. The molecule has 0 aromatic heterocycles. The summed E-state index contributed by atoms with van der Waals surface area (Å²) in [5.41, 5.74) is 2.26. The van der Waals surface area contributed by atoms with Crippen LogP contribution in [0.25, 0.3) is 0 Å². The summed E-state index contributed by atoms with van der Waals surface area (Å²) in [6, 6.07) is 11.9. The highest BCUT2D eigenvalue weighted by molar-refractivity contribution is 6.30. The lowest BCUT2D eigenvalue weighted by molar-refractivity contribution is 0.175. The summed E-state index contributed by atoms with van der Waals surface area (Å²) < 4.78 is 5.20. The first-order valence-corrected chi connectivity index (χ1v) is 7.50. The average molecular weight is 335 g/mol. The van der Waals surface area contributed by atoms with E-state index in [9.17, 15) is 9.90 Å². The van der Waals surface area contributed by atoms with Crippen molar-refractivity contribution in [2.24, 2.45) is 0 Å². The number of nitrogens with one attached hydrogen (secondary N) is 2. The van der Waals surface area contributed by atoms with Crippen molar-refractivity contribution in [3.8, 4) is 5.75 Å². The molecule has 5 nitrogen and oxygen atoms in total. The third kappa shape index (κ3) is 4.87. The monoisotopic (exact) mass is 334 g/mol. The van der Waals surface area contributed by atoms with Gasteiger partial charge in [0, 0.05) is 11.6 Å². The molecule has 0 saturated heterocycles. The molecule has 2 aromatic rings. The van der Waals surface area contributed by atoms with E-state index in [-0.39, 0.29) is 6.54 Å². The normalized spacial score (nSPS) is 11.7. The Labute approximate surface area is 140 Å². The summed E-state index contributed by atoms with van der Waals surface area (Å²) in [6.07, 6.45) is -0.808. The smallest absolute Gasteiger partial charge is 0.319 e. The highest BCUT2D eigenvalue weighted by Crippen LogP contribution is 2.25. The molecular weight excluding hydrogens is 316 g/mol. The van der Waals surface area contributed by atoms with Gasteiger partial charge in [-0.1, -0.05) is 29.8 Å². The molecule has 0 saturated carbocycles. The van der Waals surface area contributed by atoms with Crippen molar-refractivity contribution in [2.75, 3.05) is 19.0 Å². The van der Waals surface area contributed by atoms with E-state index >= 15 is 0 Å². The number of methoxy groups -OCH3 is 1. The fraction of sp³-hybridized carbons (Fsp3) is 0.235. The second kappa shape index (κ2) is 7.85. The van der Waals surface area contributed by atoms with Crippen molar-refractivity contribution < 1.29 is 14.6 Å². The molecule has 6 heteroatoms. The second-order valence-electron chi connectivity index (χ2n) is 5.11. The predicted molar refractivity (Wildman–Crippen MR) is 91.2 cm³/mol. The van der Waals surface area contributed by atoms with Crippen LogP contribution in [-0.4, -0.2) is 24.8 Å². The lowest BCUT2D eigenvalue weighted by Gasteiger charge is -2.14. The highest BCUT2D eigenvalue weighted by Gasteiger charge is 2.11. The quantitative estimate of drug-likeness (QED) is 0.783. The van der Waals surface area contributed by atoms with Gasteiger partial charge in [0.05, 0.1) is 18.9 Å². The molecule has 122 valence electrons. The number of aryl methyl sites for hydroxylation is 1. The molecule has 23 heavy (non-hydrogen) atoms. The molecule has 1 atom stereocenters. The zero-order valence-electron chi connectivity index (χ0n) is 13.0. The minimum Gasteiger partial charge on any atom is -0.495 e. The third-order valence-electron chi connectivity index (χ3n) is 3.31. The van der Waals surface area contributed by atoms with Crippen molar-refractivity contribution in [3.63, 3.8) is 0 Å². The molecule has 2 rings (SSSR count). The van der Waals surface area contributed by atoms with Crippen LogP contribution in [0.5, 0.6) is 5.75 Å². The topological polar surface area (TPSA) is 70.6 Å². The van der Waals surface area contributed by atoms with E-state index in [4.69, 9.17) is 16.3 Å². The third-order valence-corrected chi connectivity index (χ3v) is 3.57. The largest absolute Gasteiger partial charge is 0.495 e. The molecule has 0 aliphatic rings. The molecular formula is C17H19ClN2O3. The van der Waals surface area contributed by atoms with Crippen LogP contribution in [0.4, 0.5) is 10.5 Å². The van der Waals surface area contributed by atoms with Gasteiger partial charge in [0.1, 0.15) is 5.75 Å². The summed E-state index contributed by atoms with van der Waals surface area (Å²) >= 11 is 5.80. The fourth-order valence-electron chi connectivity index (χ4n) is 2.08. The Bertz CT molecular complexity index is 674. The number of carbonyl (C=O) groups is 1. The molecule has 0 bridgehead atoms. The van der Waals surface area contributed by atoms with Gasteiger partial charge in [-0.15, -0.1) is 0 Å². The maximum Gasteiger partial charge on any atom is 0.319 e. The van der Waals surface area contributed by atoms with Gasteiger partial charge in [-0.3, -0.25) is 0 Å². The Kier molecular flexibility index (Phi) is 5.84. The van der Waals surface area contributed by atoms with Gasteiger partial charge in [0.2, 0.25) is 0 Å². The van der Waals surface area contributed by atoms with Gasteiger partial charge in [-0.2, -0.15) is 0 Å². The molecule has 3 N–H and O–H groups in total. The molecule has 0 heterocycles. The zero-order chi connectivity index (χ0) is 16.8. The summed E-state index contributed by atoms with van der Waals surface area (Å²) in [4.78, 5) is 12.0. The van der Waals surface area contributed by atoms with Crippen LogP contribution in [0.3, 0.4) is 0 Å². The highest BCUT2D eigenvalue weighted by atomic mass is 35.5. The van der Waals surface area contributed by atoms with Crippen molar-refractivity contribution in [1.29, 1.82) is 0 Å². The number of amides is 2. The SMILES string of the molecule is COc1ccc(C)cc1NC(=O)NCC(O)c1ccc(Cl)cc1. The molecule has 0 radical (unpaired) electrons. The van der Waals surface area contributed by atoms with Gasteiger partial charge in [-0.25, -0.2) is 4.79 Å². The van der Waals surface area contributed by atoms with Crippen LogP contribution >= 0.6 is 11.6 Å². The van der Waals surface area contributed by atoms with Gasteiger partial charge in [0.15, 0.2) is 0 Å². The molecule has 0 spiro atoms. The number of halogens is 1. The van der Waals surface area contributed by atoms with Crippen LogP contribution < -0.4 is 15.4 Å². The summed E-state index contributed by atoms with van der Waals surface area (Å²) in [6.45, 7) is 2.01. The Balaban J connectivity index is 1.92. The predicted octanol–water partition coefficient (Wildman–Crippen LogP) is 3.51. The van der Waals surface area contributed by atoms with Gasteiger partial charge >= 0.3 is 6.03 Å². The molecule has 2 aromatic carbocycles. The maximum atomic E-state index is 12.0. The number of hydrogen-bond donors (Lipinski definition) is 3. The first-order chi connectivity index (χ1) is 11.0. The number of carbonyl (C=O) groups excluding carboxylic acids is 1. The zero-order valence-corrected chi connectivity index (χ0v) is 13.7. The lowest BCUT2D eigenvalue weighted by Crippen LogP contribution is -2.32. The van der Waals surface area contributed by atoms with Gasteiger partial charge < -0.3 is 20.5 Å². The number of aliphatic hydroxyl groups is 1. The number of benzene rings is 2. The molecule has 0 fully saturated rings. The van der Waals surface area contributed by atoms with E-state index in [0.717, 1.165) is 5.56 Å². The van der Waals surface area contributed by atoms with Gasteiger partial charge in [-0.05, 0) is 42.3 Å². The standard InChI is InChI=1S/C17H19ClN2O3/c1-11-3-8-16(23-2)14(9-11)20-17(22)19-10-15(21)12-4-6-13(18)7-5-12/h3-9,15,21H,10H2,1-2H3,(H2,19,20,22). The number of urea groups is 1.